The Morgan fingerprint density at radius 2 is 1.85 bits per heavy atom. The average Bonchev–Trinajstić information content (AvgIpc) is 2.66. The first-order valence-corrected chi connectivity index (χ1v) is 8.81. The van der Waals surface area contributed by atoms with Gasteiger partial charge in [-0.15, -0.1) is 0 Å². The number of carbonyl (C=O) groups excluding carboxylic acids is 3. The van der Waals surface area contributed by atoms with Crippen LogP contribution in [0.4, 0.5) is 5.69 Å². The molecule has 1 heterocycles. The van der Waals surface area contributed by atoms with Crippen LogP contribution in [0.25, 0.3) is 0 Å². The van der Waals surface area contributed by atoms with Crippen LogP contribution in [0.3, 0.4) is 0 Å². The van der Waals surface area contributed by atoms with Gasteiger partial charge in [0.25, 0.3) is 5.91 Å². The molecule has 8 heteroatoms. The molecule has 0 aliphatic carbocycles. The van der Waals surface area contributed by atoms with Gasteiger partial charge in [-0.25, -0.2) is 0 Å². The monoisotopic (exact) mass is 378 g/mol. The van der Waals surface area contributed by atoms with Crippen LogP contribution in [-0.4, -0.2) is 76.2 Å². The fraction of sp³-hybridized carbons (Fsp3) is 0.526. The molecule has 1 aromatic rings. The number of Topliss-reactive ketones (excluding diaryl/α,β-unsaturated/α-hetero) is 1. The van der Waals surface area contributed by atoms with E-state index in [9.17, 15) is 14.4 Å². The SMILES string of the molecule is COCCN(CCOC)C(=O)CCN1C(=O)COc2ccc(C(C)=O)cc21. The lowest BCUT2D eigenvalue weighted by molar-refractivity contribution is -0.132. The molecule has 1 aliphatic heterocycles. The van der Waals surface area contributed by atoms with Crippen molar-refractivity contribution in [2.45, 2.75) is 13.3 Å². The molecule has 27 heavy (non-hydrogen) atoms. The highest BCUT2D eigenvalue weighted by molar-refractivity contribution is 6.01. The first-order valence-electron chi connectivity index (χ1n) is 8.81. The van der Waals surface area contributed by atoms with Crippen LogP contribution >= 0.6 is 0 Å². The number of nitrogens with zero attached hydrogens (tertiary/aromatic N) is 2. The minimum atomic E-state index is -0.240. The summed E-state index contributed by atoms with van der Waals surface area (Å²) in [6.45, 7) is 3.36. The van der Waals surface area contributed by atoms with E-state index >= 15 is 0 Å². The van der Waals surface area contributed by atoms with Crippen molar-refractivity contribution in [2.24, 2.45) is 0 Å². The Balaban J connectivity index is 2.09. The van der Waals surface area contributed by atoms with Gasteiger partial charge >= 0.3 is 0 Å². The van der Waals surface area contributed by atoms with E-state index in [1.54, 1.807) is 37.3 Å². The summed E-state index contributed by atoms with van der Waals surface area (Å²) in [6, 6.07) is 4.97. The third kappa shape index (κ3) is 5.51. The van der Waals surface area contributed by atoms with Gasteiger partial charge in [0.1, 0.15) is 5.75 Å². The molecule has 0 aromatic heterocycles. The summed E-state index contributed by atoms with van der Waals surface area (Å²) in [5, 5.41) is 0. The van der Waals surface area contributed by atoms with Crippen LogP contribution in [0.5, 0.6) is 5.75 Å². The Morgan fingerprint density at radius 1 is 1.19 bits per heavy atom. The van der Waals surface area contributed by atoms with Crippen LogP contribution in [0.15, 0.2) is 18.2 Å². The second kappa shape index (κ2) is 10.0. The van der Waals surface area contributed by atoms with Gasteiger partial charge in [-0.3, -0.25) is 14.4 Å². The standard InChI is InChI=1S/C19H26N2O6/c1-14(22)15-4-5-17-16(12-15)21(19(24)13-27-17)7-6-18(23)20(8-10-25-2)9-11-26-3/h4-5,12H,6-11,13H2,1-3H3. The number of hydrogen-bond donors (Lipinski definition) is 0. The first-order chi connectivity index (χ1) is 13.0. The summed E-state index contributed by atoms with van der Waals surface area (Å²) in [6.07, 6.45) is 0.156. The number of benzene rings is 1. The number of hydrogen-bond acceptors (Lipinski definition) is 6. The van der Waals surface area contributed by atoms with Gasteiger partial charge < -0.3 is 24.0 Å². The molecule has 148 valence electrons. The lowest BCUT2D eigenvalue weighted by Gasteiger charge is -2.30. The predicted molar refractivity (Wildman–Crippen MR) is 99.2 cm³/mol. The second-order valence-electron chi connectivity index (χ2n) is 6.19. The van der Waals surface area contributed by atoms with Crippen molar-refractivity contribution in [3.63, 3.8) is 0 Å². The quantitative estimate of drug-likeness (QED) is 0.568. The highest BCUT2D eigenvalue weighted by Gasteiger charge is 2.27. The van der Waals surface area contributed by atoms with Crippen molar-refractivity contribution >= 4 is 23.3 Å². The average molecular weight is 378 g/mol. The molecule has 0 N–H and O–H groups in total. The van der Waals surface area contributed by atoms with Crippen molar-refractivity contribution in [1.82, 2.24) is 4.90 Å². The summed E-state index contributed by atoms with van der Waals surface area (Å²) < 4.78 is 15.5. The highest BCUT2D eigenvalue weighted by Crippen LogP contribution is 2.33. The molecule has 0 radical (unpaired) electrons. The molecule has 8 nitrogen and oxygen atoms in total. The van der Waals surface area contributed by atoms with E-state index in [1.807, 2.05) is 0 Å². The Labute approximate surface area is 159 Å². The lowest BCUT2D eigenvalue weighted by Crippen LogP contribution is -2.43. The number of rotatable bonds is 10. The summed E-state index contributed by atoms with van der Waals surface area (Å²) in [5.74, 6) is 0.101. The lowest BCUT2D eigenvalue weighted by atomic mass is 10.1. The van der Waals surface area contributed by atoms with E-state index in [0.29, 0.717) is 43.3 Å². The van der Waals surface area contributed by atoms with Gasteiger partial charge in [0.2, 0.25) is 5.91 Å². The van der Waals surface area contributed by atoms with E-state index in [0.717, 1.165) is 0 Å². The summed E-state index contributed by atoms with van der Waals surface area (Å²) in [4.78, 5) is 39.7. The Kier molecular flexibility index (Phi) is 7.75. The molecular formula is C19H26N2O6. The molecule has 0 unspecified atom stereocenters. The third-order valence-corrected chi connectivity index (χ3v) is 4.34. The van der Waals surface area contributed by atoms with Crippen molar-refractivity contribution in [3.05, 3.63) is 23.8 Å². The molecule has 0 saturated carbocycles. The van der Waals surface area contributed by atoms with Crippen molar-refractivity contribution in [3.8, 4) is 5.75 Å². The number of ketones is 1. The van der Waals surface area contributed by atoms with Crippen LogP contribution in [0.1, 0.15) is 23.7 Å². The second-order valence-corrected chi connectivity index (χ2v) is 6.19. The molecule has 2 amide bonds. The smallest absolute Gasteiger partial charge is 0.265 e. The van der Waals surface area contributed by atoms with E-state index in [2.05, 4.69) is 0 Å². The molecule has 0 spiro atoms. The van der Waals surface area contributed by atoms with E-state index in [4.69, 9.17) is 14.2 Å². The fourth-order valence-corrected chi connectivity index (χ4v) is 2.80. The zero-order valence-electron chi connectivity index (χ0n) is 16.0. The van der Waals surface area contributed by atoms with Gasteiger partial charge in [-0.05, 0) is 25.1 Å². The fourth-order valence-electron chi connectivity index (χ4n) is 2.80. The van der Waals surface area contributed by atoms with E-state index in [1.165, 1.54) is 11.8 Å². The summed E-state index contributed by atoms with van der Waals surface area (Å²) in [5.41, 5.74) is 1.01. The zero-order valence-corrected chi connectivity index (χ0v) is 16.0. The Bertz CT molecular complexity index is 683. The normalized spacial score (nSPS) is 13.1. The van der Waals surface area contributed by atoms with Crippen LogP contribution < -0.4 is 9.64 Å². The largest absolute Gasteiger partial charge is 0.482 e. The van der Waals surface area contributed by atoms with Gasteiger partial charge in [-0.1, -0.05) is 0 Å². The maximum absolute atomic E-state index is 12.6. The molecular weight excluding hydrogens is 352 g/mol. The van der Waals surface area contributed by atoms with Gasteiger partial charge in [0, 0.05) is 45.8 Å². The van der Waals surface area contributed by atoms with Crippen molar-refractivity contribution in [1.29, 1.82) is 0 Å². The van der Waals surface area contributed by atoms with Crippen molar-refractivity contribution < 1.29 is 28.6 Å². The number of fused-ring (bicyclic) bond motifs is 1. The first kappa shape index (κ1) is 20.9. The molecule has 0 atom stereocenters. The topological polar surface area (TPSA) is 85.4 Å². The van der Waals surface area contributed by atoms with E-state index in [-0.39, 0.29) is 37.2 Å². The minimum Gasteiger partial charge on any atom is -0.482 e. The predicted octanol–water partition coefficient (Wildman–Crippen LogP) is 1.13. The zero-order chi connectivity index (χ0) is 19.8. The minimum absolute atomic E-state index is 0.0856. The summed E-state index contributed by atoms with van der Waals surface area (Å²) in [7, 11) is 3.16. The van der Waals surface area contributed by atoms with Gasteiger partial charge in [0.15, 0.2) is 12.4 Å². The molecule has 1 aromatic carbocycles. The summed E-state index contributed by atoms with van der Waals surface area (Å²) >= 11 is 0. The Hall–Kier alpha value is -2.45. The van der Waals surface area contributed by atoms with Crippen LogP contribution in [0, 0.1) is 0 Å². The molecule has 2 rings (SSSR count). The number of methoxy groups -OCH3 is 2. The number of carbonyl (C=O) groups is 3. The van der Waals surface area contributed by atoms with Crippen LogP contribution in [-0.2, 0) is 19.1 Å². The molecule has 0 saturated heterocycles. The highest BCUT2D eigenvalue weighted by atomic mass is 16.5. The van der Waals surface area contributed by atoms with Gasteiger partial charge in [-0.2, -0.15) is 0 Å². The maximum atomic E-state index is 12.6. The maximum Gasteiger partial charge on any atom is 0.265 e. The van der Waals surface area contributed by atoms with E-state index < -0.39 is 0 Å². The third-order valence-electron chi connectivity index (χ3n) is 4.34. The molecule has 0 fully saturated rings. The number of ether oxygens (including phenoxy) is 3. The Morgan fingerprint density at radius 3 is 2.44 bits per heavy atom. The number of amides is 2. The number of anilines is 1. The van der Waals surface area contributed by atoms with Crippen LogP contribution in [0.2, 0.25) is 0 Å². The molecule has 1 aliphatic rings. The van der Waals surface area contributed by atoms with Gasteiger partial charge in [0.05, 0.1) is 18.9 Å². The van der Waals surface area contributed by atoms with Crippen molar-refractivity contribution in [2.75, 3.05) is 58.6 Å². The molecule has 0 bridgehead atoms.